The number of carbonyl (C=O) groups excluding carboxylic acids is 2. The molecule has 2 aliphatic rings. The van der Waals surface area contributed by atoms with Crippen molar-refractivity contribution in [2.45, 2.75) is 123 Å². The van der Waals surface area contributed by atoms with Crippen molar-refractivity contribution in [3.05, 3.63) is 29.7 Å². The van der Waals surface area contributed by atoms with Gasteiger partial charge in [-0.2, -0.15) is 0 Å². The van der Waals surface area contributed by atoms with Gasteiger partial charge in [-0.25, -0.2) is 4.98 Å². The van der Waals surface area contributed by atoms with Gasteiger partial charge in [0.1, 0.15) is 17.4 Å². The van der Waals surface area contributed by atoms with Crippen molar-refractivity contribution in [3.63, 3.8) is 0 Å². The van der Waals surface area contributed by atoms with Crippen LogP contribution in [-0.4, -0.2) is 50.9 Å². The number of esters is 1. The Kier molecular flexibility index (Phi) is 9.39. The second kappa shape index (κ2) is 12.3. The first-order valence-corrected chi connectivity index (χ1v) is 14.8. The third-order valence-corrected chi connectivity index (χ3v) is 9.10. The lowest BCUT2D eigenvalue weighted by Crippen LogP contribution is -2.46. The Bertz CT molecular complexity index is 1190. The van der Waals surface area contributed by atoms with Crippen LogP contribution in [0, 0.1) is 17.3 Å². The van der Waals surface area contributed by atoms with Crippen molar-refractivity contribution < 1.29 is 33.7 Å². The maximum atomic E-state index is 13.8. The molecule has 0 radical (unpaired) electrons. The highest BCUT2D eigenvalue weighted by atomic mass is 16.6. The summed E-state index contributed by atoms with van der Waals surface area (Å²) in [6.07, 6.45) is 1.93. The van der Waals surface area contributed by atoms with Gasteiger partial charge in [-0.3, -0.25) is 9.59 Å². The molecule has 222 valence electrons. The van der Waals surface area contributed by atoms with Crippen LogP contribution in [0.1, 0.15) is 104 Å². The lowest BCUT2D eigenvalue weighted by atomic mass is 9.71. The number of benzene rings is 1. The Morgan fingerprint density at radius 1 is 1.18 bits per heavy atom. The number of aliphatic hydroxyl groups is 2. The van der Waals surface area contributed by atoms with Crippen molar-refractivity contribution in [2.75, 3.05) is 0 Å². The normalized spacial score (nSPS) is 33.9. The van der Waals surface area contributed by atoms with E-state index in [9.17, 15) is 19.8 Å². The summed E-state index contributed by atoms with van der Waals surface area (Å²) in [4.78, 5) is 31.4. The number of hydrogen-bond donors (Lipinski definition) is 3. The molecular formula is C31H46N2O7. The fraction of sp³-hybridized carbons (Fsp3) is 0.710. The van der Waals surface area contributed by atoms with Crippen LogP contribution in [-0.2, 0) is 25.6 Å². The number of unbranched alkanes of at least 4 members (excludes halogenated alkanes) is 1. The predicted molar refractivity (Wildman–Crippen MR) is 150 cm³/mol. The first kappa shape index (κ1) is 30.6. The molecule has 0 amide bonds. The Morgan fingerprint density at radius 2 is 1.93 bits per heavy atom. The molecule has 2 aromatic rings. The van der Waals surface area contributed by atoms with E-state index in [1.165, 1.54) is 0 Å². The molecule has 2 fully saturated rings. The van der Waals surface area contributed by atoms with Crippen LogP contribution in [0.5, 0.6) is 0 Å². The fourth-order valence-corrected chi connectivity index (χ4v) is 6.02. The number of fused-ring (bicyclic) bond motifs is 2. The maximum absolute atomic E-state index is 13.8. The first-order chi connectivity index (χ1) is 18.9. The summed E-state index contributed by atoms with van der Waals surface area (Å²) in [5, 5.41) is 22.4. The molecule has 1 aromatic heterocycles. The molecule has 1 aromatic carbocycles. The number of epoxide rings is 1. The maximum Gasteiger partial charge on any atom is 0.309 e. The third kappa shape index (κ3) is 6.59. The van der Waals surface area contributed by atoms with Gasteiger partial charge >= 0.3 is 5.97 Å². The largest absolute Gasteiger partial charge is 0.457 e. The third-order valence-electron chi connectivity index (χ3n) is 9.10. The average Bonchev–Trinajstić information content (AvgIpc) is 3.35. The van der Waals surface area contributed by atoms with Gasteiger partial charge in [0.15, 0.2) is 5.58 Å². The summed E-state index contributed by atoms with van der Waals surface area (Å²) in [6.45, 7) is 9.59. The van der Waals surface area contributed by atoms with E-state index in [1.807, 2.05) is 26.0 Å². The summed E-state index contributed by atoms with van der Waals surface area (Å²) in [7, 11) is 0. The lowest BCUT2D eigenvalue weighted by molar-refractivity contribution is -0.156. The summed E-state index contributed by atoms with van der Waals surface area (Å²) >= 11 is 0. The van der Waals surface area contributed by atoms with E-state index in [-0.39, 0.29) is 36.4 Å². The van der Waals surface area contributed by atoms with E-state index < -0.39 is 35.6 Å². The van der Waals surface area contributed by atoms with Crippen molar-refractivity contribution in [1.29, 1.82) is 0 Å². The molecule has 0 spiro atoms. The molecule has 2 saturated heterocycles. The molecule has 9 nitrogen and oxygen atoms in total. The van der Waals surface area contributed by atoms with Crippen molar-refractivity contribution in [3.8, 4) is 0 Å². The van der Waals surface area contributed by atoms with Gasteiger partial charge in [-0.1, -0.05) is 53.0 Å². The Morgan fingerprint density at radius 3 is 2.62 bits per heavy atom. The summed E-state index contributed by atoms with van der Waals surface area (Å²) in [6, 6.07) is 5.46. The smallest absolute Gasteiger partial charge is 0.309 e. The van der Waals surface area contributed by atoms with Crippen molar-refractivity contribution in [2.24, 2.45) is 23.0 Å². The number of nitrogens with zero attached hydrogens (tertiary/aromatic N) is 1. The molecule has 40 heavy (non-hydrogen) atoms. The molecular weight excluding hydrogens is 512 g/mol. The molecule has 0 aliphatic carbocycles. The Hall–Kier alpha value is -2.33. The molecule has 4 N–H and O–H groups in total. The molecule has 7 atom stereocenters. The number of hydrogen-bond acceptors (Lipinski definition) is 9. The Balaban J connectivity index is 1.62. The summed E-state index contributed by atoms with van der Waals surface area (Å²) in [5.41, 5.74) is 6.07. The summed E-state index contributed by atoms with van der Waals surface area (Å²) < 4.78 is 17.7. The van der Waals surface area contributed by atoms with E-state index in [0.717, 1.165) is 37.7 Å². The first-order valence-electron chi connectivity index (χ1n) is 14.8. The number of cyclic esters (lactones) is 1. The molecule has 2 aliphatic heterocycles. The standard InChI is InChI=1S/C31H46N2O7/c1-6-7-10-20-28(36)18(2)9-8-13-31(5)25(40-31)15-23(39-27(35)16-24(34)30(3,4)29(20)37)19-11-12-22-21(14-19)33-26(17-32)38-22/h11-12,14,18,20,23-25,28,34,36H,6-10,13,15-17,32H2,1-5H3/t18-,20+,23-,24-,25-,28-,31+/m0/s1. The number of Topliss-reactive ketones (excluding diaryl/α,β-unsaturated/α-hetero) is 1. The minimum atomic E-state index is -1.26. The van der Waals surface area contributed by atoms with E-state index in [1.54, 1.807) is 19.9 Å². The van der Waals surface area contributed by atoms with Crippen LogP contribution in [0.4, 0.5) is 0 Å². The topological polar surface area (TPSA) is 148 Å². The van der Waals surface area contributed by atoms with Gasteiger partial charge in [0, 0.05) is 12.3 Å². The van der Waals surface area contributed by atoms with Crippen LogP contribution >= 0.6 is 0 Å². The van der Waals surface area contributed by atoms with Gasteiger partial charge in [0.2, 0.25) is 5.89 Å². The number of ketones is 1. The molecule has 0 unspecified atom stereocenters. The molecule has 4 rings (SSSR count). The zero-order chi connectivity index (χ0) is 29.2. The Labute approximate surface area is 236 Å². The number of carbonyl (C=O) groups is 2. The van der Waals surface area contributed by atoms with Crippen LogP contribution in [0.2, 0.25) is 0 Å². The van der Waals surface area contributed by atoms with E-state index in [4.69, 9.17) is 19.6 Å². The second-order valence-electron chi connectivity index (χ2n) is 12.6. The van der Waals surface area contributed by atoms with Crippen molar-refractivity contribution in [1.82, 2.24) is 4.98 Å². The number of aliphatic hydroxyl groups excluding tert-OH is 2. The minimum Gasteiger partial charge on any atom is -0.457 e. The molecule has 9 heteroatoms. The molecule has 0 bridgehead atoms. The minimum absolute atomic E-state index is 0.0854. The van der Waals surface area contributed by atoms with E-state index >= 15 is 0 Å². The van der Waals surface area contributed by atoms with Crippen LogP contribution in [0.25, 0.3) is 11.1 Å². The number of ether oxygens (including phenoxy) is 2. The highest BCUT2D eigenvalue weighted by Gasteiger charge is 2.53. The van der Waals surface area contributed by atoms with Crippen LogP contribution in [0.3, 0.4) is 0 Å². The summed E-state index contributed by atoms with van der Waals surface area (Å²) in [5.74, 6) is -1.09. The van der Waals surface area contributed by atoms with E-state index in [2.05, 4.69) is 11.9 Å². The number of rotatable bonds is 5. The van der Waals surface area contributed by atoms with Gasteiger partial charge in [-0.05, 0) is 49.8 Å². The highest BCUT2D eigenvalue weighted by molar-refractivity contribution is 5.88. The zero-order valence-electron chi connectivity index (χ0n) is 24.5. The van der Waals surface area contributed by atoms with E-state index in [0.29, 0.717) is 29.8 Å². The van der Waals surface area contributed by atoms with Gasteiger partial charge in [0.25, 0.3) is 0 Å². The number of oxazole rings is 1. The molecule has 3 heterocycles. The second-order valence-corrected chi connectivity index (χ2v) is 12.6. The number of nitrogens with two attached hydrogens (primary N) is 1. The van der Waals surface area contributed by atoms with Crippen molar-refractivity contribution >= 4 is 22.9 Å². The quantitative estimate of drug-likeness (QED) is 0.349. The average molecular weight is 559 g/mol. The van der Waals surface area contributed by atoms with Crippen LogP contribution in [0.15, 0.2) is 22.6 Å². The lowest BCUT2D eigenvalue weighted by Gasteiger charge is -2.36. The number of aromatic nitrogens is 1. The zero-order valence-corrected chi connectivity index (χ0v) is 24.5. The molecule has 0 saturated carbocycles. The SMILES string of the molecule is CCCC[C@H]1C(=O)C(C)(C)[C@@H](O)CC(=O)O[C@H](c2ccc3oc(CN)nc3c2)C[C@@H]2O[C@]2(C)CCC[C@H](C)[C@@H]1O. The fourth-order valence-electron chi connectivity index (χ4n) is 6.02. The van der Waals surface area contributed by atoms with Gasteiger partial charge in [-0.15, -0.1) is 0 Å². The van der Waals surface area contributed by atoms with Crippen LogP contribution < -0.4 is 5.73 Å². The van der Waals surface area contributed by atoms with Gasteiger partial charge in [0.05, 0.1) is 42.3 Å². The predicted octanol–water partition coefficient (Wildman–Crippen LogP) is 4.75. The van der Waals surface area contributed by atoms with Gasteiger partial charge < -0.3 is 29.8 Å². The highest BCUT2D eigenvalue weighted by Crippen LogP contribution is 2.47. The monoisotopic (exact) mass is 558 g/mol.